The highest BCUT2D eigenvalue weighted by Crippen LogP contribution is 2.44. The molecule has 0 aliphatic carbocycles. The molecule has 0 bridgehead atoms. The number of carbonyl (C=O) groups is 2. The first-order valence-electron chi connectivity index (χ1n) is 11.6. The van der Waals surface area contributed by atoms with E-state index in [2.05, 4.69) is 10.3 Å². The molecular weight excluding hydrogens is 462 g/mol. The largest absolute Gasteiger partial charge is 0.493 e. The van der Waals surface area contributed by atoms with Gasteiger partial charge in [-0.1, -0.05) is 18.2 Å². The minimum atomic E-state index is -0.775. The summed E-state index contributed by atoms with van der Waals surface area (Å²) in [7, 11) is 3.06. The van der Waals surface area contributed by atoms with Crippen molar-refractivity contribution in [1.29, 1.82) is 0 Å². The van der Waals surface area contributed by atoms with Gasteiger partial charge in [-0.05, 0) is 25.1 Å². The molecule has 0 fully saturated rings. The first-order chi connectivity index (χ1) is 17.5. The number of imide groups is 1. The monoisotopic (exact) mass is 489 g/mol. The second kappa shape index (κ2) is 9.52. The highest BCUT2D eigenvalue weighted by atomic mass is 16.5. The van der Waals surface area contributed by atoms with Crippen LogP contribution in [-0.2, 0) is 20.9 Å². The quantitative estimate of drug-likeness (QED) is 0.311. The number of nitrogens with one attached hydrogen (secondary N) is 2. The smallest absolute Gasteiger partial charge is 0.259 e. The fourth-order valence-electron chi connectivity index (χ4n) is 4.83. The average molecular weight is 490 g/mol. The Morgan fingerprint density at radius 3 is 2.47 bits per heavy atom. The number of ether oxygens (including phenoxy) is 3. The van der Waals surface area contributed by atoms with Crippen LogP contribution in [0.4, 0.5) is 0 Å². The second-order valence-corrected chi connectivity index (χ2v) is 8.48. The number of fused-ring (bicyclic) bond motifs is 2. The number of aromatic nitrogens is 2. The molecule has 9 heteroatoms. The summed E-state index contributed by atoms with van der Waals surface area (Å²) < 4.78 is 18.5. The summed E-state index contributed by atoms with van der Waals surface area (Å²) in [5.74, 6) is -0.0585. The van der Waals surface area contributed by atoms with Crippen LogP contribution in [0.1, 0.15) is 18.1 Å². The number of carbonyl (C=O) groups excluding carboxylic acids is 2. The lowest BCUT2D eigenvalue weighted by Crippen LogP contribution is -2.22. The molecule has 2 aromatic heterocycles. The molecule has 0 saturated heterocycles. The molecule has 0 spiro atoms. The molecule has 1 atom stereocenters. The third kappa shape index (κ3) is 3.82. The number of benzene rings is 2. The van der Waals surface area contributed by atoms with Crippen molar-refractivity contribution in [1.82, 2.24) is 14.9 Å². The molecule has 186 valence electrons. The number of para-hydroxylation sites is 1. The summed E-state index contributed by atoms with van der Waals surface area (Å²) in [5, 5.41) is 14.5. The van der Waals surface area contributed by atoms with E-state index in [-0.39, 0.29) is 24.3 Å². The molecule has 4 aromatic rings. The maximum absolute atomic E-state index is 13.2. The fourth-order valence-corrected chi connectivity index (χ4v) is 4.83. The molecule has 0 radical (unpaired) electrons. The summed E-state index contributed by atoms with van der Waals surface area (Å²) >= 11 is 0. The lowest BCUT2D eigenvalue weighted by atomic mass is 9.95. The third-order valence-electron chi connectivity index (χ3n) is 6.37. The zero-order valence-electron chi connectivity index (χ0n) is 20.3. The van der Waals surface area contributed by atoms with Crippen LogP contribution in [0.2, 0.25) is 0 Å². The Bertz CT molecular complexity index is 1510. The number of hydrogen-bond donors (Lipinski definition) is 3. The number of H-pyrrole nitrogens is 1. The van der Waals surface area contributed by atoms with E-state index in [1.54, 1.807) is 18.5 Å². The van der Waals surface area contributed by atoms with E-state index >= 15 is 0 Å². The minimum absolute atomic E-state index is 0.168. The first kappa shape index (κ1) is 23.7. The van der Waals surface area contributed by atoms with Gasteiger partial charge in [0.05, 0.1) is 55.5 Å². The first-order valence-corrected chi connectivity index (χ1v) is 11.6. The Kier molecular flexibility index (Phi) is 6.26. The van der Waals surface area contributed by atoms with Gasteiger partial charge < -0.3 is 28.9 Å². The number of aliphatic hydroxyl groups is 1. The Balaban J connectivity index is 1.79. The SMILES string of the molecule is CCOCC(O)Cn1cc(C2=C(c3c[nH]c4ccccc34)C(=O)NC2=O)c2c(OC)c(OC)ccc21. The third-order valence-corrected chi connectivity index (χ3v) is 6.37. The summed E-state index contributed by atoms with van der Waals surface area (Å²) in [6.07, 6.45) is 2.73. The topological polar surface area (TPSA) is 115 Å². The highest BCUT2D eigenvalue weighted by molar-refractivity contribution is 6.51. The van der Waals surface area contributed by atoms with Crippen molar-refractivity contribution in [2.75, 3.05) is 27.4 Å². The van der Waals surface area contributed by atoms with Crippen LogP contribution < -0.4 is 14.8 Å². The van der Waals surface area contributed by atoms with Crippen molar-refractivity contribution in [2.24, 2.45) is 0 Å². The number of hydrogen-bond acceptors (Lipinski definition) is 6. The van der Waals surface area contributed by atoms with E-state index in [0.29, 0.717) is 34.6 Å². The van der Waals surface area contributed by atoms with Gasteiger partial charge in [-0.2, -0.15) is 0 Å². The molecule has 3 N–H and O–H groups in total. The van der Waals surface area contributed by atoms with Gasteiger partial charge >= 0.3 is 0 Å². The number of aliphatic hydroxyl groups excluding tert-OH is 1. The number of amides is 2. The van der Waals surface area contributed by atoms with Crippen LogP contribution in [-0.4, -0.2) is 60.0 Å². The van der Waals surface area contributed by atoms with Crippen LogP contribution in [0.25, 0.3) is 33.0 Å². The van der Waals surface area contributed by atoms with Crippen molar-refractivity contribution < 1.29 is 28.9 Å². The van der Waals surface area contributed by atoms with Crippen molar-refractivity contribution in [2.45, 2.75) is 19.6 Å². The summed E-state index contributed by atoms with van der Waals surface area (Å²) in [4.78, 5) is 29.5. The van der Waals surface area contributed by atoms with E-state index in [1.807, 2.05) is 41.8 Å². The van der Waals surface area contributed by atoms with E-state index in [4.69, 9.17) is 14.2 Å². The zero-order chi connectivity index (χ0) is 25.4. The maximum atomic E-state index is 13.2. The van der Waals surface area contributed by atoms with Crippen LogP contribution in [0, 0.1) is 0 Å². The molecule has 36 heavy (non-hydrogen) atoms. The zero-order valence-corrected chi connectivity index (χ0v) is 20.3. The molecule has 2 aromatic carbocycles. The van der Waals surface area contributed by atoms with Gasteiger partial charge in [0, 0.05) is 41.0 Å². The minimum Gasteiger partial charge on any atom is -0.493 e. The Hall–Kier alpha value is -4.08. The van der Waals surface area contributed by atoms with Crippen LogP contribution in [0.5, 0.6) is 11.5 Å². The van der Waals surface area contributed by atoms with Crippen LogP contribution >= 0.6 is 0 Å². The Morgan fingerprint density at radius 1 is 1.00 bits per heavy atom. The van der Waals surface area contributed by atoms with Gasteiger partial charge in [0.1, 0.15) is 0 Å². The standard InChI is InChI=1S/C27H27N3O6/c1-4-36-14-15(31)12-30-13-18(22-20(30)9-10-21(34-2)25(22)35-3)24-23(26(32)29-27(24)33)17-11-28-19-8-6-5-7-16(17)19/h5-11,13,15,28,31H,4,12,14H2,1-3H3,(H,29,32,33). The van der Waals surface area contributed by atoms with Gasteiger partial charge in [-0.3, -0.25) is 14.9 Å². The number of rotatable bonds is 9. The fraction of sp³-hybridized carbons (Fsp3) is 0.259. The second-order valence-electron chi connectivity index (χ2n) is 8.48. The van der Waals surface area contributed by atoms with Gasteiger partial charge in [-0.25, -0.2) is 0 Å². The number of nitrogens with zero attached hydrogens (tertiary/aromatic N) is 1. The van der Waals surface area contributed by atoms with Crippen molar-refractivity contribution in [3.8, 4) is 11.5 Å². The van der Waals surface area contributed by atoms with E-state index in [0.717, 1.165) is 16.4 Å². The molecule has 2 amide bonds. The van der Waals surface area contributed by atoms with Gasteiger partial charge in [0.2, 0.25) is 0 Å². The maximum Gasteiger partial charge on any atom is 0.259 e. The summed E-state index contributed by atoms with van der Waals surface area (Å²) in [5.41, 5.74) is 3.22. The van der Waals surface area contributed by atoms with Crippen molar-refractivity contribution in [3.05, 3.63) is 59.9 Å². The van der Waals surface area contributed by atoms with Gasteiger partial charge in [-0.15, -0.1) is 0 Å². The molecule has 1 aliphatic rings. The predicted octanol–water partition coefficient (Wildman–Crippen LogP) is 3.10. The highest BCUT2D eigenvalue weighted by Gasteiger charge is 2.36. The van der Waals surface area contributed by atoms with Gasteiger partial charge in [0.15, 0.2) is 11.5 Å². The predicted molar refractivity (Wildman–Crippen MR) is 136 cm³/mol. The summed E-state index contributed by atoms with van der Waals surface area (Å²) in [6, 6.07) is 11.2. The number of aromatic amines is 1. The van der Waals surface area contributed by atoms with Crippen LogP contribution in [0.3, 0.4) is 0 Å². The molecule has 0 saturated carbocycles. The molecule has 5 rings (SSSR count). The van der Waals surface area contributed by atoms with Crippen LogP contribution in [0.15, 0.2) is 48.8 Å². The molecule has 9 nitrogen and oxygen atoms in total. The van der Waals surface area contributed by atoms with E-state index < -0.39 is 17.9 Å². The average Bonchev–Trinajstić information content (AvgIpc) is 3.54. The number of methoxy groups -OCH3 is 2. The molecule has 1 unspecified atom stereocenters. The van der Waals surface area contributed by atoms with E-state index in [1.165, 1.54) is 14.2 Å². The molecular formula is C27H27N3O6. The van der Waals surface area contributed by atoms with Gasteiger partial charge in [0.25, 0.3) is 11.8 Å². The lowest BCUT2D eigenvalue weighted by Gasteiger charge is -2.13. The van der Waals surface area contributed by atoms with Crippen molar-refractivity contribution >= 4 is 44.8 Å². The lowest BCUT2D eigenvalue weighted by molar-refractivity contribution is -0.122. The van der Waals surface area contributed by atoms with Crippen molar-refractivity contribution in [3.63, 3.8) is 0 Å². The molecule has 3 heterocycles. The molecule has 1 aliphatic heterocycles. The summed E-state index contributed by atoms with van der Waals surface area (Å²) in [6.45, 7) is 2.74. The van der Waals surface area contributed by atoms with E-state index in [9.17, 15) is 14.7 Å². The Morgan fingerprint density at radius 2 is 1.75 bits per heavy atom. The Labute approximate surface area is 207 Å². The normalized spacial score (nSPS) is 14.7.